The number of aliphatic hydroxyl groups is 2. The van der Waals surface area contributed by atoms with Crippen LogP contribution in [0.1, 0.15) is 4.88 Å². The molecule has 0 aromatic carbocycles. The molecular formula is C9H12N2O4S2. The summed E-state index contributed by atoms with van der Waals surface area (Å²) < 4.78 is 25.1. The zero-order chi connectivity index (χ0) is 12.9. The Kier molecular flexibility index (Phi) is 5.04. The fourth-order valence-corrected chi connectivity index (χ4v) is 3.90. The molecule has 0 unspecified atom stereocenters. The lowest BCUT2D eigenvalue weighted by atomic mass is 10.5. The molecule has 0 spiro atoms. The van der Waals surface area contributed by atoms with Gasteiger partial charge in [0.15, 0.2) is 0 Å². The molecule has 0 radical (unpaired) electrons. The maximum Gasteiger partial charge on any atom is 0.252 e. The quantitative estimate of drug-likeness (QED) is 0.736. The molecule has 94 valence electrons. The van der Waals surface area contributed by atoms with Crippen molar-refractivity contribution in [2.45, 2.75) is 4.21 Å². The Hall–Kier alpha value is -0.980. The van der Waals surface area contributed by atoms with Crippen molar-refractivity contribution in [3.05, 3.63) is 17.0 Å². The van der Waals surface area contributed by atoms with Crippen LogP contribution in [0.5, 0.6) is 0 Å². The minimum atomic E-state index is -3.73. The fourth-order valence-electron chi connectivity index (χ4n) is 1.22. The van der Waals surface area contributed by atoms with Crippen molar-refractivity contribution in [2.75, 3.05) is 26.3 Å². The van der Waals surface area contributed by atoms with E-state index in [9.17, 15) is 8.42 Å². The van der Waals surface area contributed by atoms with Crippen LogP contribution in [0.4, 0.5) is 0 Å². The first-order valence-electron chi connectivity index (χ1n) is 4.78. The summed E-state index contributed by atoms with van der Waals surface area (Å²) in [5.74, 6) is 0. The Morgan fingerprint density at radius 2 is 1.88 bits per heavy atom. The highest BCUT2D eigenvalue weighted by molar-refractivity contribution is 7.91. The van der Waals surface area contributed by atoms with Crippen molar-refractivity contribution in [1.29, 1.82) is 5.26 Å². The van der Waals surface area contributed by atoms with Crippen LogP contribution < -0.4 is 0 Å². The molecule has 2 N–H and O–H groups in total. The lowest BCUT2D eigenvalue weighted by Gasteiger charge is -2.18. The second-order valence-electron chi connectivity index (χ2n) is 3.08. The molecule has 0 bridgehead atoms. The Balaban J connectivity index is 3.03. The van der Waals surface area contributed by atoms with Crippen LogP contribution in [0.15, 0.2) is 16.3 Å². The molecule has 0 aliphatic carbocycles. The molecule has 0 atom stereocenters. The topological polar surface area (TPSA) is 102 Å². The molecule has 0 fully saturated rings. The average molecular weight is 276 g/mol. The lowest BCUT2D eigenvalue weighted by Crippen LogP contribution is -2.35. The van der Waals surface area contributed by atoms with Crippen molar-refractivity contribution in [3.8, 4) is 6.07 Å². The molecule has 6 nitrogen and oxygen atoms in total. The van der Waals surface area contributed by atoms with Gasteiger partial charge in [-0.25, -0.2) is 8.42 Å². The van der Waals surface area contributed by atoms with E-state index in [0.29, 0.717) is 4.88 Å². The van der Waals surface area contributed by atoms with Gasteiger partial charge in [-0.2, -0.15) is 9.57 Å². The van der Waals surface area contributed by atoms with Crippen molar-refractivity contribution in [3.63, 3.8) is 0 Å². The summed E-state index contributed by atoms with van der Waals surface area (Å²) in [5.41, 5.74) is 0. The Labute approximate surface area is 103 Å². The third-order valence-corrected chi connectivity index (χ3v) is 5.34. The average Bonchev–Trinajstić information content (AvgIpc) is 2.78. The number of aliphatic hydroxyl groups excluding tert-OH is 2. The van der Waals surface area contributed by atoms with Crippen LogP contribution in [0.25, 0.3) is 0 Å². The Morgan fingerprint density at radius 1 is 1.29 bits per heavy atom. The highest BCUT2D eigenvalue weighted by atomic mass is 32.2. The third kappa shape index (κ3) is 3.24. The van der Waals surface area contributed by atoms with E-state index in [-0.39, 0.29) is 30.5 Å². The van der Waals surface area contributed by atoms with E-state index in [1.807, 2.05) is 6.07 Å². The molecule has 0 amide bonds. The van der Waals surface area contributed by atoms with Crippen molar-refractivity contribution >= 4 is 21.4 Å². The van der Waals surface area contributed by atoms with Crippen molar-refractivity contribution < 1.29 is 18.6 Å². The summed E-state index contributed by atoms with van der Waals surface area (Å²) in [5, 5.41) is 26.2. The van der Waals surface area contributed by atoms with Crippen LogP contribution in [0.3, 0.4) is 0 Å². The van der Waals surface area contributed by atoms with Gasteiger partial charge >= 0.3 is 0 Å². The van der Waals surface area contributed by atoms with Gasteiger partial charge < -0.3 is 10.2 Å². The standard InChI is InChI=1S/C9H12N2O4S2/c10-7-8-1-2-9(16-8)17(14,15)11(3-5-12)4-6-13/h1-2,12-13H,3-6H2. The molecule has 0 aliphatic heterocycles. The second kappa shape index (κ2) is 6.09. The summed E-state index contributed by atoms with van der Waals surface area (Å²) >= 11 is 0.866. The van der Waals surface area contributed by atoms with E-state index < -0.39 is 10.0 Å². The number of thiophene rings is 1. The molecule has 0 aliphatic rings. The van der Waals surface area contributed by atoms with E-state index >= 15 is 0 Å². The highest BCUT2D eigenvalue weighted by Crippen LogP contribution is 2.24. The fraction of sp³-hybridized carbons (Fsp3) is 0.444. The van der Waals surface area contributed by atoms with Crippen LogP contribution in [-0.2, 0) is 10.0 Å². The van der Waals surface area contributed by atoms with Gasteiger partial charge in [0.05, 0.1) is 13.2 Å². The molecule has 1 heterocycles. The predicted molar refractivity (Wildman–Crippen MR) is 62.0 cm³/mol. The first-order chi connectivity index (χ1) is 8.06. The van der Waals surface area contributed by atoms with E-state index in [1.165, 1.54) is 12.1 Å². The summed E-state index contributed by atoms with van der Waals surface area (Å²) in [7, 11) is -3.73. The minimum Gasteiger partial charge on any atom is -0.395 e. The zero-order valence-electron chi connectivity index (χ0n) is 8.90. The van der Waals surface area contributed by atoms with Gasteiger partial charge in [-0.3, -0.25) is 0 Å². The first kappa shape index (κ1) is 14.1. The minimum absolute atomic E-state index is 0.0379. The lowest BCUT2D eigenvalue weighted by molar-refractivity contribution is 0.217. The smallest absolute Gasteiger partial charge is 0.252 e. The molecule has 1 aromatic heterocycles. The van der Waals surface area contributed by atoms with Crippen LogP contribution in [0, 0.1) is 11.3 Å². The van der Waals surface area contributed by atoms with E-state index in [1.54, 1.807) is 0 Å². The molecule has 1 aromatic rings. The maximum atomic E-state index is 12.0. The van der Waals surface area contributed by atoms with E-state index in [4.69, 9.17) is 15.5 Å². The predicted octanol–water partition coefficient (Wildman–Crippen LogP) is -0.405. The molecule has 1 rings (SSSR count). The number of nitrogens with zero attached hydrogens (tertiary/aromatic N) is 2. The van der Waals surface area contributed by atoms with Gasteiger partial charge in [0, 0.05) is 13.1 Å². The van der Waals surface area contributed by atoms with Gasteiger partial charge in [-0.15, -0.1) is 11.3 Å². The van der Waals surface area contributed by atoms with Gasteiger partial charge in [0.1, 0.15) is 15.2 Å². The molecule has 8 heteroatoms. The SMILES string of the molecule is N#Cc1ccc(S(=O)(=O)N(CCO)CCO)s1. The largest absolute Gasteiger partial charge is 0.395 e. The summed E-state index contributed by atoms with van der Waals surface area (Å²) in [6.07, 6.45) is 0. The summed E-state index contributed by atoms with van der Waals surface area (Å²) in [6.45, 7) is -0.809. The Morgan fingerprint density at radius 3 is 2.29 bits per heavy atom. The molecule has 17 heavy (non-hydrogen) atoms. The van der Waals surface area contributed by atoms with Crippen LogP contribution >= 0.6 is 11.3 Å². The van der Waals surface area contributed by atoms with Gasteiger partial charge in [0.25, 0.3) is 10.0 Å². The van der Waals surface area contributed by atoms with E-state index in [0.717, 1.165) is 15.6 Å². The van der Waals surface area contributed by atoms with Crippen molar-refractivity contribution in [1.82, 2.24) is 4.31 Å². The number of nitriles is 1. The number of hydrogen-bond donors (Lipinski definition) is 2. The summed E-state index contributed by atoms with van der Waals surface area (Å²) in [6, 6.07) is 4.63. The Bertz CT molecular complexity index is 497. The van der Waals surface area contributed by atoms with Gasteiger partial charge in [-0.05, 0) is 12.1 Å². The van der Waals surface area contributed by atoms with Crippen molar-refractivity contribution in [2.24, 2.45) is 0 Å². The van der Waals surface area contributed by atoms with Crippen LogP contribution in [-0.4, -0.2) is 49.2 Å². The molecule has 0 saturated carbocycles. The second-order valence-corrected chi connectivity index (χ2v) is 6.33. The maximum absolute atomic E-state index is 12.0. The normalized spacial score (nSPS) is 11.6. The van der Waals surface area contributed by atoms with Crippen LogP contribution in [0.2, 0.25) is 0 Å². The van der Waals surface area contributed by atoms with Gasteiger partial charge in [-0.1, -0.05) is 0 Å². The summed E-state index contributed by atoms with van der Waals surface area (Å²) in [4.78, 5) is 0.302. The molecule has 0 saturated heterocycles. The molecular weight excluding hydrogens is 264 g/mol. The number of hydrogen-bond acceptors (Lipinski definition) is 6. The number of rotatable bonds is 6. The monoisotopic (exact) mass is 276 g/mol. The first-order valence-corrected chi connectivity index (χ1v) is 7.03. The number of sulfonamides is 1. The third-order valence-electron chi connectivity index (χ3n) is 1.98. The highest BCUT2D eigenvalue weighted by Gasteiger charge is 2.25. The van der Waals surface area contributed by atoms with E-state index in [2.05, 4.69) is 0 Å². The zero-order valence-corrected chi connectivity index (χ0v) is 10.5. The van der Waals surface area contributed by atoms with Gasteiger partial charge in [0.2, 0.25) is 0 Å².